The number of carbonyl (C=O) groups excluding carboxylic acids is 1. The van der Waals surface area contributed by atoms with Crippen LogP contribution in [-0.4, -0.2) is 25.6 Å². The summed E-state index contributed by atoms with van der Waals surface area (Å²) in [5, 5.41) is 3.93. The number of hydrogen-bond donors (Lipinski definition) is 2. The Morgan fingerprint density at radius 3 is 2.37 bits per heavy atom. The summed E-state index contributed by atoms with van der Waals surface area (Å²) < 4.78 is 25.4. The molecule has 30 heavy (non-hydrogen) atoms. The lowest BCUT2D eigenvalue weighted by Gasteiger charge is -2.17. The molecule has 0 bridgehead atoms. The summed E-state index contributed by atoms with van der Waals surface area (Å²) in [6.07, 6.45) is 1.12. The molecule has 3 aromatic rings. The predicted octanol–water partition coefficient (Wildman–Crippen LogP) is 4.53. The molecule has 1 amide bonds. The monoisotopic (exact) mass is 425 g/mol. The zero-order valence-corrected chi connectivity index (χ0v) is 18.7. The molecular formula is C23H27N3O3S. The number of fused-ring (bicyclic) bond motifs is 1. The van der Waals surface area contributed by atoms with Crippen molar-refractivity contribution in [3.8, 4) is 0 Å². The van der Waals surface area contributed by atoms with E-state index in [1.165, 1.54) is 0 Å². The Morgan fingerprint density at radius 2 is 1.73 bits per heavy atom. The lowest BCUT2D eigenvalue weighted by Crippen LogP contribution is -2.26. The lowest BCUT2D eigenvalue weighted by molar-refractivity contribution is 0.0940. The summed E-state index contributed by atoms with van der Waals surface area (Å²) in [6, 6.07) is 14.6. The second-order valence-corrected chi connectivity index (χ2v) is 9.69. The Labute approximate surface area is 177 Å². The summed E-state index contributed by atoms with van der Waals surface area (Å²) in [4.78, 5) is 17.4. The van der Waals surface area contributed by atoms with Gasteiger partial charge in [-0.25, -0.2) is 8.42 Å². The van der Waals surface area contributed by atoms with Gasteiger partial charge in [-0.05, 0) is 61.2 Å². The van der Waals surface area contributed by atoms with Crippen LogP contribution in [0.1, 0.15) is 59.9 Å². The lowest BCUT2D eigenvalue weighted by atomic mass is 10.0. The van der Waals surface area contributed by atoms with Gasteiger partial charge in [0.2, 0.25) is 10.0 Å². The number of nitrogens with one attached hydrogen (secondary N) is 2. The third-order valence-electron chi connectivity index (χ3n) is 4.96. The number of carbonyl (C=O) groups is 1. The van der Waals surface area contributed by atoms with Crippen LogP contribution in [0.3, 0.4) is 0 Å². The Morgan fingerprint density at radius 1 is 1.00 bits per heavy atom. The van der Waals surface area contributed by atoms with Crippen LogP contribution >= 0.6 is 0 Å². The smallest absolute Gasteiger partial charge is 0.251 e. The van der Waals surface area contributed by atoms with Crippen LogP contribution in [-0.2, 0) is 10.0 Å². The average Bonchev–Trinajstić information content (AvgIpc) is 2.67. The van der Waals surface area contributed by atoms with E-state index in [0.717, 1.165) is 34.0 Å². The molecule has 7 heteroatoms. The Hall–Kier alpha value is -2.93. The van der Waals surface area contributed by atoms with Crippen LogP contribution in [0.4, 0.5) is 5.69 Å². The molecule has 0 aliphatic carbocycles. The first-order valence-electron chi connectivity index (χ1n) is 9.83. The number of rotatable bonds is 6. The predicted molar refractivity (Wildman–Crippen MR) is 121 cm³/mol. The van der Waals surface area contributed by atoms with Crippen molar-refractivity contribution in [1.82, 2.24) is 10.3 Å². The maximum atomic E-state index is 12.8. The van der Waals surface area contributed by atoms with Crippen LogP contribution in [0.25, 0.3) is 10.9 Å². The van der Waals surface area contributed by atoms with E-state index in [2.05, 4.69) is 28.9 Å². The van der Waals surface area contributed by atoms with Crippen molar-refractivity contribution in [3.63, 3.8) is 0 Å². The third kappa shape index (κ3) is 5.16. The molecular weight excluding hydrogens is 398 g/mol. The molecule has 0 aliphatic heterocycles. The molecule has 0 spiro atoms. The van der Waals surface area contributed by atoms with Crippen LogP contribution < -0.4 is 10.0 Å². The van der Waals surface area contributed by atoms with Crippen molar-refractivity contribution >= 4 is 32.5 Å². The second kappa shape index (κ2) is 8.44. The highest BCUT2D eigenvalue weighted by atomic mass is 32.2. The van der Waals surface area contributed by atoms with Crippen LogP contribution in [0.2, 0.25) is 0 Å². The zero-order chi connectivity index (χ0) is 22.1. The second-order valence-electron chi connectivity index (χ2n) is 7.94. The fraction of sp³-hybridized carbons (Fsp3) is 0.304. The molecule has 0 fully saturated rings. The number of aromatic nitrogens is 1. The van der Waals surface area contributed by atoms with E-state index in [-0.39, 0.29) is 11.9 Å². The first kappa shape index (κ1) is 21.8. The number of aryl methyl sites for hydroxylation is 1. The standard InChI is InChI=1S/C23H27N3O3S/c1-14(2)20-9-7-18-13-19(8-11-22(18)25-20)23(27)24-16(4)17-6-10-21(15(3)12-17)26-30(5,28)29/h6-14,16,26H,1-5H3,(H,24,27)/t16-/m1/s1. The van der Waals surface area contributed by atoms with E-state index in [1.807, 2.05) is 50.2 Å². The number of benzene rings is 2. The minimum Gasteiger partial charge on any atom is -0.346 e. The fourth-order valence-electron chi connectivity index (χ4n) is 3.24. The topological polar surface area (TPSA) is 88.2 Å². The van der Waals surface area contributed by atoms with Gasteiger partial charge in [-0.2, -0.15) is 0 Å². The van der Waals surface area contributed by atoms with Gasteiger partial charge in [-0.15, -0.1) is 0 Å². The van der Waals surface area contributed by atoms with Crippen molar-refractivity contribution in [2.45, 2.75) is 39.7 Å². The van der Waals surface area contributed by atoms with Gasteiger partial charge in [0, 0.05) is 16.6 Å². The molecule has 0 saturated heterocycles. The third-order valence-corrected chi connectivity index (χ3v) is 5.55. The van der Waals surface area contributed by atoms with E-state index in [4.69, 9.17) is 0 Å². The van der Waals surface area contributed by atoms with Crippen LogP contribution in [0.15, 0.2) is 48.5 Å². The normalized spacial score (nSPS) is 12.7. The molecule has 158 valence electrons. The highest BCUT2D eigenvalue weighted by Gasteiger charge is 2.14. The van der Waals surface area contributed by atoms with Gasteiger partial charge in [-0.3, -0.25) is 14.5 Å². The minimum atomic E-state index is -3.34. The van der Waals surface area contributed by atoms with E-state index in [1.54, 1.807) is 12.1 Å². The number of anilines is 1. The summed E-state index contributed by atoms with van der Waals surface area (Å²) in [5.41, 5.74) is 4.68. The SMILES string of the molecule is Cc1cc([C@@H](C)NC(=O)c2ccc3nc(C(C)C)ccc3c2)ccc1NS(C)(=O)=O. The molecule has 0 saturated carbocycles. The molecule has 1 heterocycles. The summed E-state index contributed by atoms with van der Waals surface area (Å²) in [7, 11) is -3.34. The van der Waals surface area contributed by atoms with E-state index in [0.29, 0.717) is 17.2 Å². The number of pyridine rings is 1. The van der Waals surface area contributed by atoms with Crippen molar-refractivity contribution < 1.29 is 13.2 Å². The average molecular weight is 426 g/mol. The van der Waals surface area contributed by atoms with Gasteiger partial charge >= 0.3 is 0 Å². The number of amides is 1. The molecule has 2 N–H and O–H groups in total. The highest BCUT2D eigenvalue weighted by molar-refractivity contribution is 7.92. The largest absolute Gasteiger partial charge is 0.346 e. The molecule has 0 aliphatic rings. The summed E-state index contributed by atoms with van der Waals surface area (Å²) in [6.45, 7) is 7.92. The van der Waals surface area contributed by atoms with Gasteiger partial charge in [0.25, 0.3) is 5.91 Å². The van der Waals surface area contributed by atoms with Crippen molar-refractivity contribution in [3.05, 3.63) is 70.9 Å². The quantitative estimate of drug-likeness (QED) is 0.607. The first-order valence-corrected chi connectivity index (χ1v) is 11.7. The number of hydrogen-bond acceptors (Lipinski definition) is 4. The van der Waals surface area contributed by atoms with E-state index < -0.39 is 10.0 Å². The molecule has 0 radical (unpaired) electrons. The fourth-order valence-corrected chi connectivity index (χ4v) is 3.87. The summed E-state index contributed by atoms with van der Waals surface area (Å²) in [5.74, 6) is 0.175. The molecule has 2 aromatic carbocycles. The van der Waals surface area contributed by atoms with E-state index >= 15 is 0 Å². The maximum Gasteiger partial charge on any atom is 0.251 e. The zero-order valence-electron chi connectivity index (χ0n) is 17.9. The highest BCUT2D eigenvalue weighted by Crippen LogP contribution is 2.23. The molecule has 0 unspecified atom stereocenters. The Balaban J connectivity index is 1.76. The van der Waals surface area contributed by atoms with Crippen molar-refractivity contribution in [2.24, 2.45) is 0 Å². The molecule has 3 rings (SSSR count). The number of nitrogens with zero attached hydrogens (tertiary/aromatic N) is 1. The summed E-state index contributed by atoms with van der Waals surface area (Å²) >= 11 is 0. The Kier molecular flexibility index (Phi) is 6.12. The molecule has 1 aromatic heterocycles. The van der Waals surface area contributed by atoms with Crippen molar-refractivity contribution in [1.29, 1.82) is 0 Å². The van der Waals surface area contributed by atoms with Crippen LogP contribution in [0, 0.1) is 6.92 Å². The van der Waals surface area contributed by atoms with Gasteiger partial charge in [-0.1, -0.05) is 32.0 Å². The van der Waals surface area contributed by atoms with Gasteiger partial charge in [0.05, 0.1) is 23.5 Å². The van der Waals surface area contributed by atoms with Crippen molar-refractivity contribution in [2.75, 3.05) is 11.0 Å². The Bertz CT molecular complexity index is 1200. The maximum absolute atomic E-state index is 12.8. The van der Waals surface area contributed by atoms with Gasteiger partial charge in [0.1, 0.15) is 0 Å². The molecule has 6 nitrogen and oxygen atoms in total. The first-order chi connectivity index (χ1) is 14.0. The van der Waals surface area contributed by atoms with Crippen LogP contribution in [0.5, 0.6) is 0 Å². The number of sulfonamides is 1. The molecule has 1 atom stereocenters. The van der Waals surface area contributed by atoms with Gasteiger partial charge in [0.15, 0.2) is 0 Å². The van der Waals surface area contributed by atoms with Gasteiger partial charge < -0.3 is 5.32 Å². The minimum absolute atomic E-state index is 0.173. The van der Waals surface area contributed by atoms with E-state index in [9.17, 15) is 13.2 Å².